The Kier molecular flexibility index (Phi) is 6.01. The summed E-state index contributed by atoms with van der Waals surface area (Å²) in [6.45, 7) is 5.37. The standard InChI is InChI=1S/C14H20N2S3/c1-18-13-6-4-3-5-12(13)11-15-7-9-16(10-8-15)14(17)19-2/h3-6H,7-11H2,1-2H3. The maximum atomic E-state index is 5.35. The van der Waals surface area contributed by atoms with E-state index in [1.165, 1.54) is 10.5 Å². The molecule has 0 bridgehead atoms. The van der Waals surface area contributed by atoms with Gasteiger partial charge >= 0.3 is 0 Å². The highest BCUT2D eigenvalue weighted by molar-refractivity contribution is 8.22. The van der Waals surface area contributed by atoms with Crippen molar-refractivity contribution >= 4 is 40.1 Å². The molecule has 1 saturated heterocycles. The summed E-state index contributed by atoms with van der Waals surface area (Å²) in [6.07, 6.45) is 4.21. The third-order valence-corrected chi connectivity index (χ3v) is 5.60. The molecule has 104 valence electrons. The highest BCUT2D eigenvalue weighted by Gasteiger charge is 2.18. The molecule has 0 spiro atoms. The summed E-state index contributed by atoms with van der Waals surface area (Å²) < 4.78 is 1.03. The maximum Gasteiger partial charge on any atom is 0.136 e. The minimum atomic E-state index is 1.03. The predicted molar refractivity (Wildman–Crippen MR) is 91.2 cm³/mol. The molecule has 1 aliphatic heterocycles. The summed E-state index contributed by atoms with van der Waals surface area (Å²) in [7, 11) is 0. The van der Waals surface area contributed by atoms with Gasteiger partial charge in [-0.25, -0.2) is 0 Å². The van der Waals surface area contributed by atoms with Gasteiger partial charge in [0.25, 0.3) is 0 Å². The molecule has 1 heterocycles. The third kappa shape index (κ3) is 4.12. The van der Waals surface area contributed by atoms with Gasteiger partial charge in [-0.3, -0.25) is 4.90 Å². The van der Waals surface area contributed by atoms with Crippen LogP contribution in [-0.4, -0.2) is 52.8 Å². The molecule has 0 unspecified atom stereocenters. The van der Waals surface area contributed by atoms with Gasteiger partial charge in [0.1, 0.15) is 4.32 Å². The number of hydrogen-bond acceptors (Lipinski definition) is 4. The molecule has 0 N–H and O–H groups in total. The van der Waals surface area contributed by atoms with Crippen LogP contribution in [0.15, 0.2) is 29.2 Å². The minimum Gasteiger partial charge on any atom is -0.355 e. The van der Waals surface area contributed by atoms with E-state index in [4.69, 9.17) is 12.2 Å². The third-order valence-electron chi connectivity index (χ3n) is 3.39. The molecule has 0 radical (unpaired) electrons. The first-order valence-corrected chi connectivity index (χ1v) is 9.27. The SMILES string of the molecule is CSC(=S)N1CCN(Cc2ccccc2SC)CC1. The fourth-order valence-corrected chi connectivity index (χ4v) is 3.52. The van der Waals surface area contributed by atoms with Crippen molar-refractivity contribution in [1.29, 1.82) is 0 Å². The Morgan fingerprint density at radius 1 is 1.16 bits per heavy atom. The van der Waals surface area contributed by atoms with Crippen LogP contribution in [0.1, 0.15) is 5.56 Å². The van der Waals surface area contributed by atoms with Crippen LogP contribution >= 0.6 is 35.7 Å². The molecule has 5 heteroatoms. The lowest BCUT2D eigenvalue weighted by atomic mass is 10.2. The van der Waals surface area contributed by atoms with Gasteiger partial charge in [0.05, 0.1) is 0 Å². The molecule has 19 heavy (non-hydrogen) atoms. The van der Waals surface area contributed by atoms with Gasteiger partial charge in [0, 0.05) is 37.6 Å². The number of thiocarbonyl (C=S) groups is 1. The zero-order chi connectivity index (χ0) is 13.7. The Morgan fingerprint density at radius 2 is 1.84 bits per heavy atom. The van der Waals surface area contributed by atoms with E-state index in [2.05, 4.69) is 46.6 Å². The van der Waals surface area contributed by atoms with Crippen LogP contribution in [0.4, 0.5) is 0 Å². The normalized spacial score (nSPS) is 16.6. The summed E-state index contributed by atoms with van der Waals surface area (Å²) >= 11 is 8.86. The van der Waals surface area contributed by atoms with E-state index < -0.39 is 0 Å². The van der Waals surface area contributed by atoms with Crippen molar-refractivity contribution in [3.8, 4) is 0 Å². The summed E-state index contributed by atoms with van der Waals surface area (Å²) in [5.74, 6) is 0. The van der Waals surface area contributed by atoms with E-state index in [0.29, 0.717) is 0 Å². The Balaban J connectivity index is 1.90. The fourth-order valence-electron chi connectivity index (χ4n) is 2.29. The van der Waals surface area contributed by atoms with Gasteiger partial charge in [0.15, 0.2) is 0 Å². The lowest BCUT2D eigenvalue weighted by molar-refractivity contribution is 0.178. The topological polar surface area (TPSA) is 6.48 Å². The summed E-state index contributed by atoms with van der Waals surface area (Å²) in [5.41, 5.74) is 1.44. The van der Waals surface area contributed by atoms with Crippen LogP contribution in [0.2, 0.25) is 0 Å². The van der Waals surface area contributed by atoms with E-state index in [-0.39, 0.29) is 0 Å². The van der Waals surface area contributed by atoms with Gasteiger partial charge in [-0.15, -0.1) is 23.5 Å². The van der Waals surface area contributed by atoms with Crippen molar-refractivity contribution in [2.45, 2.75) is 11.4 Å². The Labute approximate surface area is 129 Å². The predicted octanol–water partition coefficient (Wildman–Crippen LogP) is 3.17. The first-order valence-electron chi connectivity index (χ1n) is 6.41. The molecule has 0 saturated carbocycles. The molecule has 0 amide bonds. The Bertz CT molecular complexity index is 428. The second kappa shape index (κ2) is 7.53. The van der Waals surface area contributed by atoms with Crippen molar-refractivity contribution in [3.63, 3.8) is 0 Å². The van der Waals surface area contributed by atoms with Crippen LogP contribution in [0, 0.1) is 0 Å². The summed E-state index contributed by atoms with van der Waals surface area (Å²) in [5, 5.41) is 0. The number of rotatable bonds is 3. The van der Waals surface area contributed by atoms with Crippen molar-refractivity contribution < 1.29 is 0 Å². The largest absolute Gasteiger partial charge is 0.355 e. The molecule has 1 aliphatic rings. The Hall–Kier alpha value is -0.230. The van der Waals surface area contributed by atoms with Crippen molar-refractivity contribution in [2.75, 3.05) is 38.7 Å². The van der Waals surface area contributed by atoms with Gasteiger partial charge < -0.3 is 4.90 Å². The van der Waals surface area contributed by atoms with Gasteiger partial charge in [-0.2, -0.15) is 0 Å². The molecule has 2 rings (SSSR count). The molecule has 1 fully saturated rings. The minimum absolute atomic E-state index is 1.03. The van der Waals surface area contributed by atoms with E-state index in [9.17, 15) is 0 Å². The molecule has 0 aromatic heterocycles. The van der Waals surface area contributed by atoms with Crippen LogP contribution < -0.4 is 0 Å². The molecular weight excluding hydrogens is 292 g/mol. The number of benzene rings is 1. The zero-order valence-corrected chi connectivity index (χ0v) is 13.9. The summed E-state index contributed by atoms with van der Waals surface area (Å²) in [6, 6.07) is 8.70. The van der Waals surface area contributed by atoms with Crippen LogP contribution in [0.5, 0.6) is 0 Å². The van der Waals surface area contributed by atoms with Gasteiger partial charge in [-0.05, 0) is 24.1 Å². The average Bonchev–Trinajstić information content (AvgIpc) is 2.48. The average molecular weight is 313 g/mol. The van der Waals surface area contributed by atoms with Crippen LogP contribution in [-0.2, 0) is 6.54 Å². The monoisotopic (exact) mass is 312 g/mol. The smallest absolute Gasteiger partial charge is 0.136 e. The van der Waals surface area contributed by atoms with Crippen molar-refractivity contribution in [1.82, 2.24) is 9.80 Å². The van der Waals surface area contributed by atoms with E-state index in [1.807, 2.05) is 11.8 Å². The number of nitrogens with zero attached hydrogens (tertiary/aromatic N) is 2. The second-order valence-electron chi connectivity index (χ2n) is 4.55. The second-order valence-corrected chi connectivity index (χ2v) is 6.83. The van der Waals surface area contributed by atoms with Gasteiger partial charge in [0.2, 0.25) is 0 Å². The molecule has 2 nitrogen and oxygen atoms in total. The first kappa shape index (κ1) is 15.2. The molecule has 0 aliphatic carbocycles. The van der Waals surface area contributed by atoms with Crippen LogP contribution in [0.3, 0.4) is 0 Å². The molecule has 0 atom stereocenters. The Morgan fingerprint density at radius 3 is 2.47 bits per heavy atom. The number of hydrogen-bond donors (Lipinski definition) is 0. The highest BCUT2D eigenvalue weighted by atomic mass is 32.2. The lowest BCUT2D eigenvalue weighted by Crippen LogP contribution is -2.47. The molecule has 1 aromatic rings. The van der Waals surface area contributed by atoms with Crippen molar-refractivity contribution in [3.05, 3.63) is 29.8 Å². The van der Waals surface area contributed by atoms with E-state index >= 15 is 0 Å². The molecular formula is C14H20N2S3. The van der Waals surface area contributed by atoms with Crippen molar-refractivity contribution in [2.24, 2.45) is 0 Å². The van der Waals surface area contributed by atoms with E-state index in [0.717, 1.165) is 37.0 Å². The first-order chi connectivity index (χ1) is 9.24. The fraction of sp³-hybridized carbons (Fsp3) is 0.500. The number of thioether (sulfide) groups is 2. The van der Waals surface area contributed by atoms with Gasteiger partial charge in [-0.1, -0.05) is 30.4 Å². The number of piperazine rings is 1. The zero-order valence-electron chi connectivity index (χ0n) is 11.5. The lowest BCUT2D eigenvalue weighted by Gasteiger charge is -2.35. The summed E-state index contributed by atoms with van der Waals surface area (Å²) in [4.78, 5) is 6.23. The van der Waals surface area contributed by atoms with Crippen LogP contribution in [0.25, 0.3) is 0 Å². The highest BCUT2D eigenvalue weighted by Crippen LogP contribution is 2.22. The quantitative estimate of drug-likeness (QED) is 0.623. The maximum absolute atomic E-state index is 5.35. The van der Waals surface area contributed by atoms with E-state index in [1.54, 1.807) is 11.8 Å². The molecule has 1 aromatic carbocycles.